The van der Waals surface area contributed by atoms with E-state index in [2.05, 4.69) is 0 Å². The van der Waals surface area contributed by atoms with E-state index in [0.717, 1.165) is 10.5 Å². The van der Waals surface area contributed by atoms with Gasteiger partial charge in [0.15, 0.2) is 0 Å². The maximum Gasteiger partial charge on any atom is 0.123 e. The van der Waals surface area contributed by atoms with Gasteiger partial charge in [0.25, 0.3) is 0 Å². The van der Waals surface area contributed by atoms with Crippen LogP contribution in [0, 0.1) is 12.7 Å². The monoisotopic (exact) mass is 228 g/mol. The van der Waals surface area contributed by atoms with Gasteiger partial charge in [-0.05, 0) is 30.7 Å². The molecule has 1 aromatic rings. The quantitative estimate of drug-likeness (QED) is 0.858. The van der Waals surface area contributed by atoms with E-state index in [1.807, 2.05) is 6.92 Å². The van der Waals surface area contributed by atoms with Gasteiger partial charge in [-0.25, -0.2) is 4.39 Å². The third-order valence-electron chi connectivity index (χ3n) is 2.48. The first-order chi connectivity index (χ1) is 7.15. The second-order valence-electron chi connectivity index (χ2n) is 3.85. The number of rotatable bonds is 3. The Labute approximate surface area is 92.4 Å². The van der Waals surface area contributed by atoms with Crippen LogP contribution >= 0.6 is 11.8 Å². The van der Waals surface area contributed by atoms with Gasteiger partial charge in [-0.2, -0.15) is 0 Å². The predicted molar refractivity (Wildman–Crippen MR) is 57.6 cm³/mol. The molecule has 0 amide bonds. The second kappa shape index (κ2) is 4.12. The van der Waals surface area contributed by atoms with E-state index in [4.69, 9.17) is 4.74 Å². The summed E-state index contributed by atoms with van der Waals surface area (Å²) in [6.07, 6.45) is 0. The van der Waals surface area contributed by atoms with Gasteiger partial charge in [0.05, 0.1) is 24.6 Å². The minimum Gasteiger partial charge on any atom is -0.395 e. The number of halogens is 1. The summed E-state index contributed by atoms with van der Waals surface area (Å²) in [5.41, 5.74) is 0.903. The number of thioether (sulfide) groups is 1. The Hall–Kier alpha value is -0.580. The van der Waals surface area contributed by atoms with Crippen LogP contribution in [0.2, 0.25) is 0 Å². The average molecular weight is 228 g/mol. The van der Waals surface area contributed by atoms with Crippen LogP contribution < -0.4 is 0 Å². The van der Waals surface area contributed by atoms with Gasteiger partial charge < -0.3 is 9.84 Å². The van der Waals surface area contributed by atoms with Gasteiger partial charge in [0, 0.05) is 4.90 Å². The lowest BCUT2D eigenvalue weighted by Crippen LogP contribution is -2.49. The zero-order valence-corrected chi connectivity index (χ0v) is 9.31. The highest BCUT2D eigenvalue weighted by molar-refractivity contribution is 8.00. The van der Waals surface area contributed by atoms with E-state index in [0.29, 0.717) is 13.2 Å². The standard InChI is InChI=1S/C11H13FO2S/c1-8-4-9(12)2-3-10(8)15-11(5-13)6-14-7-11/h2-4,13H,5-7H2,1H3. The Bertz CT molecular complexity index is 358. The third kappa shape index (κ3) is 2.17. The van der Waals surface area contributed by atoms with Crippen molar-refractivity contribution in [1.29, 1.82) is 0 Å². The lowest BCUT2D eigenvalue weighted by atomic mass is 10.1. The summed E-state index contributed by atoms with van der Waals surface area (Å²) < 4.78 is 17.8. The van der Waals surface area contributed by atoms with Gasteiger partial charge in [-0.15, -0.1) is 11.8 Å². The zero-order valence-electron chi connectivity index (χ0n) is 8.50. The molecule has 0 atom stereocenters. The molecule has 0 radical (unpaired) electrons. The number of aliphatic hydroxyl groups is 1. The molecule has 0 unspecified atom stereocenters. The number of hydrogen-bond donors (Lipinski definition) is 1. The van der Waals surface area contributed by atoms with Crippen molar-refractivity contribution in [1.82, 2.24) is 0 Å². The average Bonchev–Trinajstić information content (AvgIpc) is 2.14. The van der Waals surface area contributed by atoms with Crippen LogP contribution in [-0.4, -0.2) is 29.7 Å². The first-order valence-corrected chi connectivity index (χ1v) is 5.61. The van der Waals surface area contributed by atoms with E-state index in [-0.39, 0.29) is 17.2 Å². The highest BCUT2D eigenvalue weighted by atomic mass is 32.2. The molecule has 1 aliphatic heterocycles. The van der Waals surface area contributed by atoms with Crippen LogP contribution in [0.4, 0.5) is 4.39 Å². The van der Waals surface area contributed by atoms with Crippen molar-refractivity contribution in [3.05, 3.63) is 29.6 Å². The van der Waals surface area contributed by atoms with Crippen molar-refractivity contribution < 1.29 is 14.2 Å². The van der Waals surface area contributed by atoms with Crippen LogP contribution in [0.15, 0.2) is 23.1 Å². The molecule has 0 saturated carbocycles. The maximum absolute atomic E-state index is 12.9. The number of aryl methyl sites for hydroxylation is 1. The summed E-state index contributed by atoms with van der Waals surface area (Å²) in [5.74, 6) is -0.222. The van der Waals surface area contributed by atoms with Crippen molar-refractivity contribution in [3.63, 3.8) is 0 Å². The molecular weight excluding hydrogens is 215 g/mol. The number of hydrogen-bond acceptors (Lipinski definition) is 3. The fraction of sp³-hybridized carbons (Fsp3) is 0.455. The maximum atomic E-state index is 12.9. The molecule has 82 valence electrons. The molecule has 0 aromatic heterocycles. The molecule has 15 heavy (non-hydrogen) atoms. The first-order valence-electron chi connectivity index (χ1n) is 4.79. The third-order valence-corrected chi connectivity index (χ3v) is 3.96. The molecule has 1 N–H and O–H groups in total. The van der Waals surface area contributed by atoms with Crippen LogP contribution in [0.1, 0.15) is 5.56 Å². The topological polar surface area (TPSA) is 29.5 Å². The molecule has 0 spiro atoms. The van der Waals surface area contributed by atoms with Crippen LogP contribution in [0.25, 0.3) is 0 Å². The fourth-order valence-corrected chi connectivity index (χ4v) is 2.64. The van der Waals surface area contributed by atoms with Crippen molar-refractivity contribution in [2.24, 2.45) is 0 Å². The molecular formula is C11H13FO2S. The highest BCUT2D eigenvalue weighted by Crippen LogP contribution is 2.39. The summed E-state index contributed by atoms with van der Waals surface area (Å²) in [6.45, 7) is 3.08. The van der Waals surface area contributed by atoms with E-state index in [1.165, 1.54) is 12.1 Å². The lowest BCUT2D eigenvalue weighted by Gasteiger charge is -2.39. The summed E-state index contributed by atoms with van der Waals surface area (Å²) in [6, 6.07) is 4.71. The molecule has 1 heterocycles. The fourth-order valence-electron chi connectivity index (χ4n) is 1.47. The molecule has 4 heteroatoms. The highest BCUT2D eigenvalue weighted by Gasteiger charge is 2.39. The molecule has 2 nitrogen and oxygen atoms in total. The van der Waals surface area contributed by atoms with Crippen LogP contribution in [0.3, 0.4) is 0 Å². The van der Waals surface area contributed by atoms with Crippen molar-refractivity contribution in [2.45, 2.75) is 16.6 Å². The first kappa shape index (κ1) is 10.9. The van der Waals surface area contributed by atoms with Crippen LogP contribution in [0.5, 0.6) is 0 Å². The number of aliphatic hydroxyl groups excluding tert-OH is 1. The second-order valence-corrected chi connectivity index (χ2v) is 5.36. The minimum atomic E-state index is -0.222. The summed E-state index contributed by atoms with van der Waals surface area (Å²) in [7, 11) is 0. The molecule has 1 saturated heterocycles. The normalized spacial score (nSPS) is 18.6. The summed E-state index contributed by atoms with van der Waals surface area (Å²) in [4.78, 5) is 1.01. The zero-order chi connectivity index (χ0) is 10.9. The predicted octanol–water partition coefficient (Wildman–Crippen LogP) is 1.99. The molecule has 1 fully saturated rings. The van der Waals surface area contributed by atoms with E-state index >= 15 is 0 Å². The number of ether oxygens (including phenoxy) is 1. The van der Waals surface area contributed by atoms with Gasteiger partial charge >= 0.3 is 0 Å². The van der Waals surface area contributed by atoms with Gasteiger partial charge in [0.2, 0.25) is 0 Å². The SMILES string of the molecule is Cc1cc(F)ccc1SC1(CO)COC1. The smallest absolute Gasteiger partial charge is 0.123 e. The molecule has 0 aliphatic carbocycles. The molecule has 1 aromatic carbocycles. The van der Waals surface area contributed by atoms with E-state index in [1.54, 1.807) is 17.8 Å². The molecule has 1 aliphatic rings. The van der Waals surface area contributed by atoms with Gasteiger partial charge in [-0.3, -0.25) is 0 Å². The van der Waals surface area contributed by atoms with Crippen molar-refractivity contribution >= 4 is 11.8 Å². The Morgan fingerprint density at radius 1 is 1.53 bits per heavy atom. The van der Waals surface area contributed by atoms with E-state index < -0.39 is 0 Å². The minimum absolute atomic E-state index is 0.0917. The number of benzene rings is 1. The lowest BCUT2D eigenvalue weighted by molar-refractivity contribution is -0.0318. The Morgan fingerprint density at radius 2 is 2.27 bits per heavy atom. The van der Waals surface area contributed by atoms with Crippen LogP contribution in [-0.2, 0) is 4.74 Å². The van der Waals surface area contributed by atoms with E-state index in [9.17, 15) is 9.50 Å². The Morgan fingerprint density at radius 3 is 2.73 bits per heavy atom. The Balaban J connectivity index is 2.16. The Kier molecular flexibility index (Phi) is 3.00. The van der Waals surface area contributed by atoms with Crippen molar-refractivity contribution in [2.75, 3.05) is 19.8 Å². The molecule has 2 rings (SSSR count). The van der Waals surface area contributed by atoms with Gasteiger partial charge in [0.1, 0.15) is 5.82 Å². The largest absolute Gasteiger partial charge is 0.395 e. The summed E-state index contributed by atoms with van der Waals surface area (Å²) in [5, 5.41) is 9.27. The van der Waals surface area contributed by atoms with Crippen molar-refractivity contribution in [3.8, 4) is 0 Å². The molecule has 0 bridgehead atoms. The van der Waals surface area contributed by atoms with Gasteiger partial charge in [-0.1, -0.05) is 0 Å². The summed E-state index contributed by atoms with van der Waals surface area (Å²) >= 11 is 1.57.